The standard InChI is InChI=1S/C14H18N2O3/c1-18-11-2-3-12-10(8-11)4-6-16(12)14(17)13-9-15-5-7-19-13/h2-3,8,13,15H,4-7,9H2,1H3. The van der Waals surface area contributed by atoms with Crippen LogP contribution in [0.1, 0.15) is 5.56 Å². The maximum atomic E-state index is 12.4. The van der Waals surface area contributed by atoms with Gasteiger partial charge in [-0.15, -0.1) is 0 Å². The van der Waals surface area contributed by atoms with Gasteiger partial charge in [-0.1, -0.05) is 0 Å². The van der Waals surface area contributed by atoms with Crippen molar-refractivity contribution in [3.8, 4) is 5.75 Å². The molecular weight excluding hydrogens is 244 g/mol. The monoisotopic (exact) mass is 262 g/mol. The van der Waals surface area contributed by atoms with E-state index in [1.807, 2.05) is 23.1 Å². The Kier molecular flexibility index (Phi) is 3.40. The Morgan fingerprint density at radius 3 is 3.16 bits per heavy atom. The molecule has 0 spiro atoms. The maximum absolute atomic E-state index is 12.4. The zero-order valence-electron chi connectivity index (χ0n) is 11.0. The minimum Gasteiger partial charge on any atom is -0.497 e. The van der Waals surface area contributed by atoms with Crippen molar-refractivity contribution in [3.63, 3.8) is 0 Å². The van der Waals surface area contributed by atoms with Crippen LogP contribution in [0.15, 0.2) is 18.2 Å². The van der Waals surface area contributed by atoms with Gasteiger partial charge in [0.1, 0.15) is 11.9 Å². The molecule has 1 aromatic carbocycles. The number of nitrogens with zero attached hydrogens (tertiary/aromatic N) is 1. The number of rotatable bonds is 2. The van der Waals surface area contributed by atoms with E-state index in [-0.39, 0.29) is 12.0 Å². The summed E-state index contributed by atoms with van der Waals surface area (Å²) >= 11 is 0. The topological polar surface area (TPSA) is 50.8 Å². The minimum absolute atomic E-state index is 0.0520. The van der Waals surface area contributed by atoms with E-state index >= 15 is 0 Å². The first-order chi connectivity index (χ1) is 9.29. The van der Waals surface area contributed by atoms with Crippen molar-refractivity contribution in [1.82, 2.24) is 5.32 Å². The molecule has 19 heavy (non-hydrogen) atoms. The molecule has 1 unspecified atom stereocenters. The lowest BCUT2D eigenvalue weighted by Crippen LogP contribution is -2.49. The molecule has 102 valence electrons. The summed E-state index contributed by atoms with van der Waals surface area (Å²) in [7, 11) is 1.65. The van der Waals surface area contributed by atoms with Crippen molar-refractivity contribution in [2.75, 3.05) is 38.3 Å². The molecule has 1 fully saturated rings. The first kappa shape index (κ1) is 12.4. The lowest BCUT2D eigenvalue weighted by atomic mass is 10.1. The summed E-state index contributed by atoms with van der Waals surface area (Å²) in [4.78, 5) is 14.3. The van der Waals surface area contributed by atoms with Crippen LogP contribution in [0.2, 0.25) is 0 Å². The third kappa shape index (κ3) is 2.31. The van der Waals surface area contributed by atoms with Gasteiger partial charge in [0.2, 0.25) is 0 Å². The highest BCUT2D eigenvalue weighted by atomic mass is 16.5. The number of fused-ring (bicyclic) bond motifs is 1. The van der Waals surface area contributed by atoms with Crippen molar-refractivity contribution in [1.29, 1.82) is 0 Å². The molecule has 0 aromatic heterocycles. The fourth-order valence-corrected chi connectivity index (χ4v) is 2.63. The average molecular weight is 262 g/mol. The lowest BCUT2D eigenvalue weighted by Gasteiger charge is -2.27. The van der Waals surface area contributed by atoms with E-state index in [1.54, 1.807) is 7.11 Å². The van der Waals surface area contributed by atoms with E-state index in [1.165, 1.54) is 0 Å². The second kappa shape index (κ2) is 5.19. The molecule has 5 nitrogen and oxygen atoms in total. The summed E-state index contributed by atoms with van der Waals surface area (Å²) < 4.78 is 10.7. The molecule has 0 radical (unpaired) electrons. The Morgan fingerprint density at radius 1 is 1.53 bits per heavy atom. The van der Waals surface area contributed by atoms with Crippen molar-refractivity contribution in [3.05, 3.63) is 23.8 Å². The number of methoxy groups -OCH3 is 1. The van der Waals surface area contributed by atoms with Gasteiger partial charge >= 0.3 is 0 Å². The molecule has 3 rings (SSSR count). The largest absolute Gasteiger partial charge is 0.497 e. The number of hydrogen-bond acceptors (Lipinski definition) is 4. The molecule has 1 N–H and O–H groups in total. The predicted molar refractivity (Wildman–Crippen MR) is 71.7 cm³/mol. The first-order valence-corrected chi connectivity index (χ1v) is 6.60. The predicted octanol–water partition coefficient (Wildman–Crippen LogP) is 0.573. The zero-order chi connectivity index (χ0) is 13.2. The van der Waals surface area contributed by atoms with Gasteiger partial charge in [0.05, 0.1) is 13.7 Å². The molecule has 1 saturated heterocycles. The van der Waals surface area contributed by atoms with Crippen LogP contribution in [-0.2, 0) is 16.0 Å². The molecule has 2 aliphatic rings. The van der Waals surface area contributed by atoms with Crippen molar-refractivity contribution in [2.24, 2.45) is 0 Å². The molecule has 5 heteroatoms. The van der Waals surface area contributed by atoms with Gasteiger partial charge < -0.3 is 19.7 Å². The number of carbonyl (C=O) groups is 1. The summed E-state index contributed by atoms with van der Waals surface area (Å²) in [6, 6.07) is 5.85. The summed E-state index contributed by atoms with van der Waals surface area (Å²) in [6.07, 6.45) is 0.514. The highest BCUT2D eigenvalue weighted by Crippen LogP contribution is 2.31. The summed E-state index contributed by atoms with van der Waals surface area (Å²) in [6.45, 7) is 2.74. The van der Waals surface area contributed by atoms with Gasteiger partial charge in [0, 0.05) is 25.3 Å². The SMILES string of the molecule is COc1ccc2c(c1)CCN2C(=O)C1CNCCO1. The molecule has 1 aromatic rings. The molecule has 0 saturated carbocycles. The van der Waals surface area contributed by atoms with E-state index in [2.05, 4.69) is 5.32 Å². The molecule has 2 heterocycles. The Morgan fingerprint density at radius 2 is 2.42 bits per heavy atom. The van der Waals surface area contributed by atoms with Crippen LogP contribution in [-0.4, -0.2) is 45.4 Å². The number of nitrogens with one attached hydrogen (secondary N) is 1. The Hall–Kier alpha value is -1.59. The van der Waals surface area contributed by atoms with Crippen LogP contribution in [0.3, 0.4) is 0 Å². The highest BCUT2D eigenvalue weighted by molar-refractivity contribution is 5.98. The van der Waals surface area contributed by atoms with Crippen LogP contribution in [0.25, 0.3) is 0 Å². The van der Waals surface area contributed by atoms with Crippen LogP contribution in [0, 0.1) is 0 Å². The fourth-order valence-electron chi connectivity index (χ4n) is 2.63. The number of morpholine rings is 1. The quantitative estimate of drug-likeness (QED) is 0.846. The number of benzene rings is 1. The zero-order valence-corrected chi connectivity index (χ0v) is 11.0. The molecule has 1 amide bonds. The average Bonchev–Trinajstić information content (AvgIpc) is 2.90. The van der Waals surface area contributed by atoms with E-state index < -0.39 is 0 Å². The molecule has 0 aliphatic carbocycles. The maximum Gasteiger partial charge on any atom is 0.257 e. The molecule has 2 aliphatic heterocycles. The van der Waals surface area contributed by atoms with Gasteiger partial charge in [-0.2, -0.15) is 0 Å². The Bertz CT molecular complexity index is 484. The first-order valence-electron chi connectivity index (χ1n) is 6.60. The van der Waals surface area contributed by atoms with Gasteiger partial charge in [-0.05, 0) is 30.2 Å². The Labute approximate surface area is 112 Å². The van der Waals surface area contributed by atoms with Crippen molar-refractivity contribution in [2.45, 2.75) is 12.5 Å². The normalized spacial score (nSPS) is 22.2. The minimum atomic E-state index is -0.359. The number of amides is 1. The molecule has 0 bridgehead atoms. The summed E-state index contributed by atoms with van der Waals surface area (Å²) in [5, 5.41) is 3.19. The summed E-state index contributed by atoms with van der Waals surface area (Å²) in [5.41, 5.74) is 2.15. The lowest BCUT2D eigenvalue weighted by molar-refractivity contribution is -0.131. The van der Waals surface area contributed by atoms with Gasteiger partial charge in [-0.3, -0.25) is 4.79 Å². The van der Waals surface area contributed by atoms with Crippen LogP contribution in [0.4, 0.5) is 5.69 Å². The number of ether oxygens (including phenoxy) is 2. The fraction of sp³-hybridized carbons (Fsp3) is 0.500. The number of hydrogen-bond donors (Lipinski definition) is 1. The van der Waals surface area contributed by atoms with E-state index in [4.69, 9.17) is 9.47 Å². The van der Waals surface area contributed by atoms with E-state index in [9.17, 15) is 4.79 Å². The van der Waals surface area contributed by atoms with Crippen molar-refractivity contribution < 1.29 is 14.3 Å². The number of anilines is 1. The smallest absolute Gasteiger partial charge is 0.257 e. The van der Waals surface area contributed by atoms with Gasteiger partial charge in [-0.25, -0.2) is 0 Å². The van der Waals surface area contributed by atoms with Gasteiger partial charge in [0.15, 0.2) is 0 Å². The summed E-state index contributed by atoms with van der Waals surface area (Å²) in [5.74, 6) is 0.889. The van der Waals surface area contributed by atoms with Crippen LogP contribution in [0.5, 0.6) is 5.75 Å². The van der Waals surface area contributed by atoms with Crippen LogP contribution >= 0.6 is 0 Å². The second-order valence-electron chi connectivity index (χ2n) is 4.80. The van der Waals surface area contributed by atoms with Gasteiger partial charge in [0.25, 0.3) is 5.91 Å². The Balaban J connectivity index is 1.79. The third-order valence-electron chi connectivity index (χ3n) is 3.65. The second-order valence-corrected chi connectivity index (χ2v) is 4.80. The third-order valence-corrected chi connectivity index (χ3v) is 3.65. The van der Waals surface area contributed by atoms with Crippen LogP contribution < -0.4 is 15.0 Å². The number of carbonyl (C=O) groups excluding carboxylic acids is 1. The molecular formula is C14H18N2O3. The molecule has 1 atom stereocenters. The van der Waals surface area contributed by atoms with E-state index in [0.717, 1.165) is 36.5 Å². The highest BCUT2D eigenvalue weighted by Gasteiger charge is 2.31. The van der Waals surface area contributed by atoms with Crippen molar-refractivity contribution >= 4 is 11.6 Å². The van der Waals surface area contributed by atoms with E-state index in [0.29, 0.717) is 13.2 Å².